The van der Waals surface area contributed by atoms with Crippen molar-refractivity contribution in [3.05, 3.63) is 89.9 Å². The molecule has 0 saturated heterocycles. The molecule has 0 saturated carbocycles. The molecule has 1 N–H and O–H groups in total. The second-order valence-electron chi connectivity index (χ2n) is 5.10. The number of carbonyl (C=O) groups excluding carboxylic acids is 1. The van der Waals surface area contributed by atoms with E-state index in [2.05, 4.69) is 5.32 Å². The fourth-order valence-corrected chi connectivity index (χ4v) is 2.41. The first-order chi connectivity index (χ1) is 11.3. The van der Waals surface area contributed by atoms with Crippen LogP contribution in [0.3, 0.4) is 0 Å². The lowest BCUT2D eigenvalue weighted by molar-refractivity contribution is 0.0942. The van der Waals surface area contributed by atoms with Crippen molar-refractivity contribution in [2.24, 2.45) is 0 Å². The van der Waals surface area contributed by atoms with E-state index in [4.69, 9.17) is 9.15 Å². The zero-order chi connectivity index (χ0) is 16.1. The maximum absolute atomic E-state index is 12.4. The molecule has 1 heterocycles. The van der Waals surface area contributed by atoms with Crippen molar-refractivity contribution in [2.45, 2.75) is 6.04 Å². The average Bonchev–Trinajstić information content (AvgIpc) is 3.15. The summed E-state index contributed by atoms with van der Waals surface area (Å²) in [6.07, 6.45) is 2.92. The van der Waals surface area contributed by atoms with Crippen LogP contribution in [-0.2, 0) is 0 Å². The first kappa shape index (κ1) is 14.9. The van der Waals surface area contributed by atoms with Gasteiger partial charge in [0.2, 0.25) is 0 Å². The Bertz CT molecular complexity index is 749. The first-order valence-corrected chi connectivity index (χ1v) is 7.30. The van der Waals surface area contributed by atoms with Crippen LogP contribution in [0.5, 0.6) is 5.75 Å². The van der Waals surface area contributed by atoms with Crippen molar-refractivity contribution >= 4 is 5.91 Å². The normalized spacial score (nSPS) is 11.7. The molecule has 23 heavy (non-hydrogen) atoms. The second kappa shape index (κ2) is 6.83. The summed E-state index contributed by atoms with van der Waals surface area (Å²) in [5, 5.41) is 3.05. The molecular formula is C19H17NO3. The summed E-state index contributed by atoms with van der Waals surface area (Å²) in [6, 6.07) is 18.9. The number of rotatable bonds is 5. The van der Waals surface area contributed by atoms with E-state index in [1.165, 1.54) is 12.5 Å². The van der Waals surface area contributed by atoms with Crippen molar-refractivity contribution in [3.63, 3.8) is 0 Å². The molecule has 3 aromatic rings. The smallest absolute Gasteiger partial charge is 0.255 e. The van der Waals surface area contributed by atoms with Gasteiger partial charge in [-0.1, -0.05) is 42.5 Å². The van der Waals surface area contributed by atoms with E-state index in [1.54, 1.807) is 13.2 Å². The Balaban J connectivity index is 1.91. The maximum atomic E-state index is 12.4. The molecule has 1 aromatic heterocycles. The third kappa shape index (κ3) is 3.43. The highest BCUT2D eigenvalue weighted by atomic mass is 16.5. The van der Waals surface area contributed by atoms with Crippen LogP contribution in [0.4, 0.5) is 0 Å². The Morgan fingerprint density at radius 3 is 2.30 bits per heavy atom. The number of furan rings is 1. The molecule has 0 unspecified atom stereocenters. The fraction of sp³-hybridized carbons (Fsp3) is 0.105. The number of nitrogens with one attached hydrogen (secondary N) is 1. The molecule has 1 amide bonds. The van der Waals surface area contributed by atoms with Crippen LogP contribution in [0, 0.1) is 0 Å². The van der Waals surface area contributed by atoms with Crippen molar-refractivity contribution in [2.75, 3.05) is 7.11 Å². The van der Waals surface area contributed by atoms with Crippen molar-refractivity contribution in [3.8, 4) is 5.75 Å². The Labute approximate surface area is 134 Å². The highest BCUT2D eigenvalue weighted by molar-refractivity contribution is 5.94. The van der Waals surface area contributed by atoms with Crippen molar-refractivity contribution in [1.82, 2.24) is 5.32 Å². The molecule has 0 spiro atoms. The predicted molar refractivity (Wildman–Crippen MR) is 87.5 cm³/mol. The van der Waals surface area contributed by atoms with Crippen LogP contribution in [0.1, 0.15) is 27.5 Å². The summed E-state index contributed by atoms with van der Waals surface area (Å²) in [6.45, 7) is 0. The van der Waals surface area contributed by atoms with E-state index in [-0.39, 0.29) is 11.9 Å². The number of benzene rings is 2. The lowest BCUT2D eigenvalue weighted by Crippen LogP contribution is -2.29. The van der Waals surface area contributed by atoms with Gasteiger partial charge in [0.1, 0.15) is 12.0 Å². The van der Waals surface area contributed by atoms with Gasteiger partial charge < -0.3 is 14.5 Å². The minimum Gasteiger partial charge on any atom is -0.497 e. The molecule has 0 aliphatic heterocycles. The largest absolute Gasteiger partial charge is 0.497 e. The molecule has 0 aliphatic rings. The lowest BCUT2D eigenvalue weighted by Gasteiger charge is -2.20. The summed E-state index contributed by atoms with van der Waals surface area (Å²) >= 11 is 0. The number of amides is 1. The van der Waals surface area contributed by atoms with Crippen LogP contribution in [0.2, 0.25) is 0 Å². The van der Waals surface area contributed by atoms with Gasteiger partial charge in [0.25, 0.3) is 5.91 Å². The topological polar surface area (TPSA) is 51.5 Å². The van der Waals surface area contributed by atoms with E-state index in [0.29, 0.717) is 5.56 Å². The fourth-order valence-electron chi connectivity index (χ4n) is 2.41. The van der Waals surface area contributed by atoms with Gasteiger partial charge in [-0.3, -0.25) is 4.79 Å². The summed E-state index contributed by atoms with van der Waals surface area (Å²) in [4.78, 5) is 12.4. The number of hydrogen-bond acceptors (Lipinski definition) is 3. The van der Waals surface area contributed by atoms with Crippen molar-refractivity contribution < 1.29 is 13.9 Å². The molecule has 4 heteroatoms. The Morgan fingerprint density at radius 2 is 1.70 bits per heavy atom. The van der Waals surface area contributed by atoms with E-state index in [9.17, 15) is 4.79 Å². The van der Waals surface area contributed by atoms with E-state index < -0.39 is 0 Å². The Morgan fingerprint density at radius 1 is 1.00 bits per heavy atom. The van der Waals surface area contributed by atoms with Crippen LogP contribution in [0.25, 0.3) is 0 Å². The average molecular weight is 307 g/mol. The number of methoxy groups -OCH3 is 1. The molecule has 0 radical (unpaired) electrons. The zero-order valence-electron chi connectivity index (χ0n) is 12.7. The van der Waals surface area contributed by atoms with Crippen LogP contribution in [0.15, 0.2) is 77.6 Å². The predicted octanol–water partition coefficient (Wildman–Crippen LogP) is 3.81. The van der Waals surface area contributed by atoms with Gasteiger partial charge in [0, 0.05) is 0 Å². The van der Waals surface area contributed by atoms with Gasteiger partial charge in [-0.2, -0.15) is 0 Å². The van der Waals surface area contributed by atoms with Gasteiger partial charge in [-0.15, -0.1) is 0 Å². The van der Waals surface area contributed by atoms with Gasteiger partial charge in [0.05, 0.1) is 25.0 Å². The molecule has 1 atom stereocenters. The van der Waals surface area contributed by atoms with E-state index in [0.717, 1.165) is 16.9 Å². The monoisotopic (exact) mass is 307 g/mol. The first-order valence-electron chi connectivity index (χ1n) is 7.30. The SMILES string of the molecule is COc1ccc([C@H](NC(=O)c2ccoc2)c2ccccc2)cc1. The standard InChI is InChI=1S/C19H17NO3/c1-22-17-9-7-15(8-10-17)18(14-5-3-2-4-6-14)20-19(21)16-11-12-23-13-16/h2-13,18H,1H3,(H,20,21)/t18-/m1/s1. The third-order valence-electron chi connectivity index (χ3n) is 3.64. The summed E-state index contributed by atoms with van der Waals surface area (Å²) in [5.74, 6) is 0.602. The molecule has 116 valence electrons. The van der Waals surface area contributed by atoms with Crippen molar-refractivity contribution in [1.29, 1.82) is 0 Å². The maximum Gasteiger partial charge on any atom is 0.255 e. The van der Waals surface area contributed by atoms with Crippen LogP contribution < -0.4 is 10.1 Å². The Kier molecular flexibility index (Phi) is 4.43. The van der Waals surface area contributed by atoms with Crippen LogP contribution >= 0.6 is 0 Å². The van der Waals surface area contributed by atoms with Crippen LogP contribution in [-0.4, -0.2) is 13.0 Å². The minimum atomic E-state index is -0.246. The second-order valence-corrected chi connectivity index (χ2v) is 5.10. The molecule has 4 nitrogen and oxygen atoms in total. The van der Waals surface area contributed by atoms with Gasteiger partial charge in [0.15, 0.2) is 0 Å². The number of hydrogen-bond donors (Lipinski definition) is 1. The molecular weight excluding hydrogens is 290 g/mol. The van der Waals surface area contributed by atoms with E-state index >= 15 is 0 Å². The van der Waals surface area contributed by atoms with E-state index in [1.807, 2.05) is 54.6 Å². The summed E-state index contributed by atoms with van der Waals surface area (Å²) in [5.41, 5.74) is 2.49. The quantitative estimate of drug-likeness (QED) is 0.780. The highest BCUT2D eigenvalue weighted by Gasteiger charge is 2.18. The molecule has 0 bridgehead atoms. The Hall–Kier alpha value is -3.01. The molecule has 3 rings (SSSR count). The number of ether oxygens (including phenoxy) is 1. The summed E-state index contributed by atoms with van der Waals surface area (Å²) in [7, 11) is 1.63. The lowest BCUT2D eigenvalue weighted by atomic mass is 9.98. The number of carbonyl (C=O) groups is 1. The summed E-state index contributed by atoms with van der Waals surface area (Å²) < 4.78 is 10.2. The minimum absolute atomic E-state index is 0.177. The molecule has 2 aromatic carbocycles. The van der Waals surface area contributed by atoms with Gasteiger partial charge in [-0.05, 0) is 29.3 Å². The molecule has 0 aliphatic carbocycles. The highest BCUT2D eigenvalue weighted by Crippen LogP contribution is 2.24. The van der Waals surface area contributed by atoms with Gasteiger partial charge >= 0.3 is 0 Å². The molecule has 0 fully saturated rings. The van der Waals surface area contributed by atoms with Gasteiger partial charge in [-0.25, -0.2) is 0 Å². The third-order valence-corrected chi connectivity index (χ3v) is 3.64. The zero-order valence-corrected chi connectivity index (χ0v) is 12.7.